The first-order valence-corrected chi connectivity index (χ1v) is 5.35. The van der Waals surface area contributed by atoms with Crippen LogP contribution >= 0.6 is 7.60 Å². The molecule has 0 aromatic rings. The predicted molar refractivity (Wildman–Crippen MR) is 47.1 cm³/mol. The average Bonchev–Trinajstić information content (AvgIpc) is 1.97. The van der Waals surface area contributed by atoms with Crippen LogP contribution in [0.25, 0.3) is 0 Å². The third kappa shape index (κ3) is 4.67. The molecule has 0 saturated carbocycles. The van der Waals surface area contributed by atoms with Crippen LogP contribution in [0.4, 0.5) is 0 Å². The predicted octanol–water partition coefficient (Wildman–Crippen LogP) is 1.14. The van der Waals surface area contributed by atoms with Crippen LogP contribution in [0.1, 0.15) is 13.8 Å². The molecule has 2 N–H and O–H groups in total. The van der Waals surface area contributed by atoms with Crippen molar-refractivity contribution in [2.45, 2.75) is 25.6 Å². The van der Waals surface area contributed by atoms with Gasteiger partial charge in [0.25, 0.3) is 0 Å². The van der Waals surface area contributed by atoms with Gasteiger partial charge in [-0.15, -0.1) is 6.58 Å². The summed E-state index contributed by atoms with van der Waals surface area (Å²) >= 11 is 0. The van der Waals surface area contributed by atoms with Crippen LogP contribution in [0.3, 0.4) is 0 Å². The van der Waals surface area contributed by atoms with Crippen molar-refractivity contribution < 1.29 is 19.1 Å². The van der Waals surface area contributed by atoms with E-state index in [0.29, 0.717) is 0 Å². The fourth-order valence-electron chi connectivity index (χ4n) is 0.456. The van der Waals surface area contributed by atoms with Crippen LogP contribution in [0.15, 0.2) is 12.7 Å². The zero-order valence-electron chi connectivity index (χ0n) is 7.30. The summed E-state index contributed by atoms with van der Waals surface area (Å²) in [5, 5.41) is 0. The van der Waals surface area contributed by atoms with Gasteiger partial charge in [-0.2, -0.15) is 0 Å². The molecular weight excluding hydrogens is 179 g/mol. The first-order chi connectivity index (χ1) is 5.38. The molecule has 12 heavy (non-hydrogen) atoms. The molecule has 72 valence electrons. The van der Waals surface area contributed by atoms with E-state index in [1.807, 2.05) is 0 Å². The van der Waals surface area contributed by atoms with Crippen molar-refractivity contribution in [1.82, 2.24) is 0 Å². The molecular formula is C7H15O4P. The lowest BCUT2D eigenvalue weighted by atomic mass is 10.4. The van der Waals surface area contributed by atoms with E-state index in [-0.39, 0.29) is 12.7 Å². The third-order valence-corrected chi connectivity index (χ3v) is 2.80. The molecule has 0 aromatic heterocycles. The first kappa shape index (κ1) is 11.8. The Morgan fingerprint density at radius 3 is 2.42 bits per heavy atom. The van der Waals surface area contributed by atoms with Crippen molar-refractivity contribution in [1.29, 1.82) is 0 Å². The second-order valence-corrected chi connectivity index (χ2v) is 4.77. The molecule has 2 unspecified atom stereocenters. The van der Waals surface area contributed by atoms with E-state index >= 15 is 0 Å². The molecule has 0 radical (unpaired) electrons. The summed E-state index contributed by atoms with van der Waals surface area (Å²) in [4.78, 5) is 17.4. The van der Waals surface area contributed by atoms with E-state index in [9.17, 15) is 4.57 Å². The maximum absolute atomic E-state index is 10.6. The lowest BCUT2D eigenvalue weighted by molar-refractivity contribution is 0.0956. The van der Waals surface area contributed by atoms with E-state index in [2.05, 4.69) is 6.58 Å². The minimum Gasteiger partial charge on any atom is -0.374 e. The molecule has 0 heterocycles. The molecule has 0 saturated heterocycles. The molecule has 0 aliphatic carbocycles. The lowest BCUT2D eigenvalue weighted by Crippen LogP contribution is -2.16. The van der Waals surface area contributed by atoms with Gasteiger partial charge in [-0.05, 0) is 13.8 Å². The smallest absolute Gasteiger partial charge is 0.330 e. The van der Waals surface area contributed by atoms with E-state index < -0.39 is 13.3 Å². The Hall–Kier alpha value is -0.150. The summed E-state index contributed by atoms with van der Waals surface area (Å²) in [6, 6.07) is 0. The van der Waals surface area contributed by atoms with Crippen LogP contribution in [-0.2, 0) is 9.30 Å². The highest BCUT2D eigenvalue weighted by atomic mass is 31.2. The van der Waals surface area contributed by atoms with Gasteiger partial charge in [-0.3, -0.25) is 4.57 Å². The van der Waals surface area contributed by atoms with Crippen LogP contribution in [0.2, 0.25) is 0 Å². The Morgan fingerprint density at radius 1 is 1.58 bits per heavy atom. The van der Waals surface area contributed by atoms with Gasteiger partial charge >= 0.3 is 7.60 Å². The molecule has 0 aromatic carbocycles. The Bertz CT molecular complexity index is 186. The number of rotatable bonds is 5. The van der Waals surface area contributed by atoms with Crippen LogP contribution in [0, 0.1) is 0 Å². The van der Waals surface area contributed by atoms with Crippen molar-refractivity contribution in [2.24, 2.45) is 0 Å². The van der Waals surface area contributed by atoms with Gasteiger partial charge in [0.1, 0.15) is 0 Å². The molecule has 2 atom stereocenters. The Balaban J connectivity index is 3.79. The van der Waals surface area contributed by atoms with Gasteiger partial charge in [0, 0.05) is 0 Å². The summed E-state index contributed by atoms with van der Waals surface area (Å²) in [6.07, 6.45) is 1.41. The molecule has 0 rings (SSSR count). The average molecular weight is 194 g/mol. The van der Waals surface area contributed by atoms with Gasteiger partial charge in [-0.1, -0.05) is 6.08 Å². The van der Waals surface area contributed by atoms with E-state index in [1.165, 1.54) is 6.92 Å². The Kier molecular flexibility index (Phi) is 4.71. The zero-order valence-corrected chi connectivity index (χ0v) is 8.20. The zero-order chi connectivity index (χ0) is 9.78. The van der Waals surface area contributed by atoms with Gasteiger partial charge in [0.15, 0.2) is 0 Å². The van der Waals surface area contributed by atoms with Crippen molar-refractivity contribution in [3.8, 4) is 0 Å². The van der Waals surface area contributed by atoms with Crippen molar-refractivity contribution in [2.75, 3.05) is 6.61 Å². The molecule has 4 nitrogen and oxygen atoms in total. The summed E-state index contributed by atoms with van der Waals surface area (Å²) in [6.45, 7) is 6.75. The molecule has 0 fully saturated rings. The van der Waals surface area contributed by atoms with Crippen molar-refractivity contribution >= 4 is 7.60 Å². The van der Waals surface area contributed by atoms with Gasteiger partial charge in [0.05, 0.1) is 18.4 Å². The van der Waals surface area contributed by atoms with E-state index in [4.69, 9.17) is 14.5 Å². The summed E-state index contributed by atoms with van der Waals surface area (Å²) < 4.78 is 15.7. The van der Waals surface area contributed by atoms with E-state index in [0.717, 1.165) is 0 Å². The van der Waals surface area contributed by atoms with Crippen molar-refractivity contribution in [3.05, 3.63) is 12.7 Å². The van der Waals surface area contributed by atoms with Gasteiger partial charge < -0.3 is 14.5 Å². The second-order valence-electron chi connectivity index (χ2n) is 2.71. The lowest BCUT2D eigenvalue weighted by Gasteiger charge is -2.15. The molecule has 0 amide bonds. The van der Waals surface area contributed by atoms with Crippen LogP contribution in [0.5, 0.6) is 0 Å². The number of ether oxygens (including phenoxy) is 1. The highest BCUT2D eigenvalue weighted by Gasteiger charge is 2.24. The quantitative estimate of drug-likeness (QED) is 0.508. The SMILES string of the molecule is C=CC(C)OCC(C)P(=O)(O)O. The summed E-state index contributed by atoms with van der Waals surface area (Å²) in [5.41, 5.74) is -0.750. The molecule has 5 heteroatoms. The molecule has 0 aliphatic rings. The van der Waals surface area contributed by atoms with Gasteiger partial charge in [0.2, 0.25) is 0 Å². The van der Waals surface area contributed by atoms with Crippen LogP contribution < -0.4 is 0 Å². The van der Waals surface area contributed by atoms with E-state index in [1.54, 1.807) is 13.0 Å². The topological polar surface area (TPSA) is 66.8 Å². The molecule has 0 aliphatic heterocycles. The third-order valence-electron chi connectivity index (χ3n) is 1.51. The Morgan fingerprint density at radius 2 is 2.08 bits per heavy atom. The molecule has 0 bridgehead atoms. The fraction of sp³-hybridized carbons (Fsp3) is 0.714. The molecule has 0 spiro atoms. The second kappa shape index (κ2) is 4.77. The minimum absolute atomic E-state index is 0.0530. The number of hydrogen-bond acceptors (Lipinski definition) is 2. The maximum atomic E-state index is 10.6. The van der Waals surface area contributed by atoms with Crippen molar-refractivity contribution in [3.63, 3.8) is 0 Å². The highest BCUT2D eigenvalue weighted by Crippen LogP contribution is 2.40. The standard InChI is InChI=1S/C7H15O4P/c1-4-6(2)11-5-7(3)12(8,9)10/h4,6-7H,1,5H2,2-3H3,(H2,8,9,10). The summed E-state index contributed by atoms with van der Waals surface area (Å²) in [7, 11) is -3.98. The Labute approximate surface area is 72.4 Å². The first-order valence-electron chi connectivity index (χ1n) is 3.67. The highest BCUT2D eigenvalue weighted by molar-refractivity contribution is 7.52. The fourth-order valence-corrected chi connectivity index (χ4v) is 0.736. The minimum atomic E-state index is -3.98. The monoisotopic (exact) mass is 194 g/mol. The van der Waals surface area contributed by atoms with Gasteiger partial charge in [-0.25, -0.2) is 0 Å². The largest absolute Gasteiger partial charge is 0.374 e. The maximum Gasteiger partial charge on any atom is 0.330 e. The summed E-state index contributed by atoms with van der Waals surface area (Å²) in [5.74, 6) is 0. The normalized spacial score (nSPS) is 17.0. The number of hydrogen-bond donors (Lipinski definition) is 2. The van der Waals surface area contributed by atoms with Crippen LogP contribution in [-0.4, -0.2) is 28.2 Å².